The number of benzene rings is 3. The van der Waals surface area contributed by atoms with Crippen molar-refractivity contribution in [3.05, 3.63) is 91.9 Å². The van der Waals surface area contributed by atoms with Gasteiger partial charge in [0, 0.05) is 23.1 Å². The molecule has 1 N–H and O–H groups in total. The molecule has 0 fully saturated rings. The van der Waals surface area contributed by atoms with Crippen molar-refractivity contribution in [2.45, 2.75) is 44.7 Å². The predicted octanol–water partition coefficient (Wildman–Crippen LogP) is 6.75. The largest absolute Gasteiger partial charge is 0.355 e. The van der Waals surface area contributed by atoms with Gasteiger partial charge in [-0.1, -0.05) is 83.2 Å². The number of carbonyl (C=O) groups is 2. The quantitative estimate of drug-likeness (QED) is 0.250. The smallest absolute Gasteiger partial charge is 0.264 e. The Hall–Kier alpha value is -2.49. The van der Waals surface area contributed by atoms with Gasteiger partial charge in [0.1, 0.15) is 12.6 Å². The fourth-order valence-electron chi connectivity index (χ4n) is 4.08. The summed E-state index contributed by atoms with van der Waals surface area (Å²) in [6, 6.07) is 14.7. The monoisotopic (exact) mass is 643 g/mol. The average Bonchev–Trinajstić information content (AvgIpc) is 2.90. The van der Waals surface area contributed by atoms with Crippen LogP contribution in [0, 0.1) is 6.92 Å². The SMILES string of the molecule is CCNC(=O)[C@@H](CC)N(Cc1ccc(Cl)cc1Cl)C(=O)CN(c1cccc(Cl)c1Cl)S(=O)(=O)c1ccc(C)cc1. The summed E-state index contributed by atoms with van der Waals surface area (Å²) in [5, 5.41) is 3.55. The molecule has 0 radical (unpaired) electrons. The summed E-state index contributed by atoms with van der Waals surface area (Å²) in [6.45, 7) is 4.99. The third-order valence-corrected chi connectivity index (χ3v) is 9.35. The Balaban J connectivity index is 2.12. The lowest BCUT2D eigenvalue weighted by Crippen LogP contribution is -2.52. The lowest BCUT2D eigenvalue weighted by molar-refractivity contribution is -0.140. The van der Waals surface area contributed by atoms with Crippen LogP contribution in [0.3, 0.4) is 0 Å². The molecular weight excluding hydrogens is 616 g/mol. The number of hydrogen-bond acceptors (Lipinski definition) is 4. The standard InChI is InChI=1S/C28H29Cl4N3O4S/c1-4-24(28(37)33-5-2)34(16-19-11-12-20(29)15-23(19)31)26(36)17-35(25-8-6-7-22(30)27(25)32)40(38,39)21-13-9-18(3)10-14-21/h6-15,24H,4-5,16-17H2,1-3H3,(H,33,37)/t24-/m1/s1. The second-order valence-electron chi connectivity index (χ2n) is 8.97. The van der Waals surface area contributed by atoms with Crippen LogP contribution in [-0.2, 0) is 26.2 Å². The highest BCUT2D eigenvalue weighted by Gasteiger charge is 2.34. The first-order valence-electron chi connectivity index (χ1n) is 12.4. The number of nitrogens with zero attached hydrogens (tertiary/aromatic N) is 2. The molecule has 0 saturated heterocycles. The lowest BCUT2D eigenvalue weighted by atomic mass is 10.1. The van der Waals surface area contributed by atoms with Gasteiger partial charge in [-0.05, 0) is 62.2 Å². The zero-order valence-electron chi connectivity index (χ0n) is 22.1. The summed E-state index contributed by atoms with van der Waals surface area (Å²) in [5.41, 5.74) is 1.43. The molecular formula is C28H29Cl4N3O4S. The molecule has 0 aliphatic heterocycles. The summed E-state index contributed by atoms with van der Waals surface area (Å²) < 4.78 is 28.8. The van der Waals surface area contributed by atoms with Crippen molar-refractivity contribution < 1.29 is 18.0 Å². The number of likely N-dealkylation sites (N-methyl/N-ethyl adjacent to an activating group) is 1. The highest BCUT2D eigenvalue weighted by atomic mass is 35.5. The second-order valence-corrected chi connectivity index (χ2v) is 12.5. The molecule has 12 heteroatoms. The molecule has 3 rings (SSSR count). The molecule has 0 spiro atoms. The summed E-state index contributed by atoms with van der Waals surface area (Å²) in [5.74, 6) is -1.02. The van der Waals surface area contributed by atoms with E-state index in [2.05, 4.69) is 5.32 Å². The van der Waals surface area contributed by atoms with E-state index in [4.69, 9.17) is 46.4 Å². The highest BCUT2D eigenvalue weighted by Crippen LogP contribution is 2.36. The first kappa shape index (κ1) is 32.0. The number of halogens is 4. The normalized spacial score (nSPS) is 12.1. The van der Waals surface area contributed by atoms with E-state index in [-0.39, 0.29) is 39.5 Å². The third kappa shape index (κ3) is 7.42. The number of rotatable bonds is 11. The Morgan fingerprint density at radius 2 is 1.60 bits per heavy atom. The minimum Gasteiger partial charge on any atom is -0.355 e. The molecule has 2 amide bonds. The molecule has 1 atom stereocenters. The fourth-order valence-corrected chi connectivity index (χ4v) is 6.42. The van der Waals surface area contributed by atoms with Gasteiger partial charge >= 0.3 is 0 Å². The van der Waals surface area contributed by atoms with E-state index in [0.717, 1.165) is 9.87 Å². The van der Waals surface area contributed by atoms with Crippen molar-refractivity contribution in [2.75, 3.05) is 17.4 Å². The van der Waals surface area contributed by atoms with Crippen LogP contribution in [-0.4, -0.2) is 44.3 Å². The molecule has 0 aliphatic carbocycles. The molecule has 0 aliphatic rings. The predicted molar refractivity (Wildman–Crippen MR) is 162 cm³/mol. The number of sulfonamides is 1. The van der Waals surface area contributed by atoms with E-state index in [9.17, 15) is 18.0 Å². The average molecular weight is 645 g/mol. The number of hydrogen-bond donors (Lipinski definition) is 1. The Kier molecular flexibility index (Phi) is 11.1. The molecule has 0 heterocycles. The first-order chi connectivity index (χ1) is 18.9. The topological polar surface area (TPSA) is 86.8 Å². The van der Waals surface area contributed by atoms with E-state index in [1.165, 1.54) is 35.2 Å². The molecule has 40 heavy (non-hydrogen) atoms. The van der Waals surface area contributed by atoms with Crippen LogP contribution >= 0.6 is 46.4 Å². The van der Waals surface area contributed by atoms with E-state index in [0.29, 0.717) is 22.2 Å². The van der Waals surface area contributed by atoms with Crippen molar-refractivity contribution in [2.24, 2.45) is 0 Å². The van der Waals surface area contributed by atoms with E-state index in [1.54, 1.807) is 44.2 Å². The van der Waals surface area contributed by atoms with Crippen molar-refractivity contribution in [1.29, 1.82) is 0 Å². The highest BCUT2D eigenvalue weighted by molar-refractivity contribution is 7.92. The van der Waals surface area contributed by atoms with Crippen LogP contribution in [0.5, 0.6) is 0 Å². The Bertz CT molecular complexity index is 1480. The van der Waals surface area contributed by atoms with Gasteiger partial charge in [-0.15, -0.1) is 0 Å². The van der Waals surface area contributed by atoms with Gasteiger partial charge < -0.3 is 10.2 Å². The first-order valence-corrected chi connectivity index (χ1v) is 15.4. The van der Waals surface area contributed by atoms with Gasteiger partial charge in [0.25, 0.3) is 10.0 Å². The number of anilines is 1. The molecule has 0 aromatic heterocycles. The molecule has 214 valence electrons. The van der Waals surface area contributed by atoms with Gasteiger partial charge in [-0.3, -0.25) is 13.9 Å². The maximum atomic E-state index is 14.0. The van der Waals surface area contributed by atoms with Gasteiger partial charge in [0.2, 0.25) is 11.8 Å². The molecule has 0 bridgehead atoms. The molecule has 0 saturated carbocycles. The molecule has 0 unspecified atom stereocenters. The van der Waals surface area contributed by atoms with E-state index < -0.39 is 28.5 Å². The van der Waals surface area contributed by atoms with Crippen LogP contribution in [0.1, 0.15) is 31.4 Å². The van der Waals surface area contributed by atoms with Gasteiger partial charge in [0.15, 0.2) is 0 Å². The van der Waals surface area contributed by atoms with Crippen LogP contribution in [0.4, 0.5) is 5.69 Å². The van der Waals surface area contributed by atoms with E-state index in [1.807, 2.05) is 6.92 Å². The van der Waals surface area contributed by atoms with Crippen LogP contribution in [0.15, 0.2) is 65.6 Å². The maximum absolute atomic E-state index is 14.0. The zero-order valence-corrected chi connectivity index (χ0v) is 26.0. The Morgan fingerprint density at radius 1 is 0.925 bits per heavy atom. The Morgan fingerprint density at radius 3 is 2.20 bits per heavy atom. The van der Waals surface area contributed by atoms with Crippen LogP contribution in [0.25, 0.3) is 0 Å². The van der Waals surface area contributed by atoms with Crippen LogP contribution < -0.4 is 9.62 Å². The number of amides is 2. The summed E-state index contributed by atoms with van der Waals surface area (Å²) in [7, 11) is -4.29. The van der Waals surface area contributed by atoms with Gasteiger partial charge in [-0.2, -0.15) is 0 Å². The third-order valence-electron chi connectivity index (χ3n) is 6.18. The molecule has 3 aromatic rings. The number of carbonyl (C=O) groups excluding carboxylic acids is 2. The molecule has 3 aromatic carbocycles. The summed E-state index contributed by atoms with van der Waals surface area (Å²) >= 11 is 25.2. The minimum atomic E-state index is -4.29. The van der Waals surface area contributed by atoms with Gasteiger partial charge in [0.05, 0.1) is 20.6 Å². The van der Waals surface area contributed by atoms with Crippen molar-refractivity contribution in [3.63, 3.8) is 0 Å². The summed E-state index contributed by atoms with van der Waals surface area (Å²) in [4.78, 5) is 28.3. The fraction of sp³-hybridized carbons (Fsp3) is 0.286. The maximum Gasteiger partial charge on any atom is 0.264 e. The lowest BCUT2D eigenvalue weighted by Gasteiger charge is -2.33. The summed E-state index contributed by atoms with van der Waals surface area (Å²) in [6.07, 6.45) is 0.269. The number of nitrogens with one attached hydrogen (secondary N) is 1. The van der Waals surface area contributed by atoms with Crippen molar-refractivity contribution in [3.8, 4) is 0 Å². The second kappa shape index (κ2) is 13.9. The van der Waals surface area contributed by atoms with Crippen molar-refractivity contribution >= 4 is 73.9 Å². The van der Waals surface area contributed by atoms with Crippen LogP contribution in [0.2, 0.25) is 20.1 Å². The Labute approximate surface area is 255 Å². The zero-order chi connectivity index (χ0) is 29.6. The van der Waals surface area contributed by atoms with Crippen molar-refractivity contribution in [1.82, 2.24) is 10.2 Å². The molecule has 7 nitrogen and oxygen atoms in total. The van der Waals surface area contributed by atoms with E-state index >= 15 is 0 Å². The van der Waals surface area contributed by atoms with Gasteiger partial charge in [-0.25, -0.2) is 8.42 Å². The number of aryl methyl sites for hydroxylation is 1. The minimum absolute atomic E-state index is 0.0265.